The predicted octanol–water partition coefficient (Wildman–Crippen LogP) is -0.450. The summed E-state index contributed by atoms with van der Waals surface area (Å²) in [6, 6.07) is 9.29. The molecule has 0 spiro atoms. The topological polar surface area (TPSA) is 123 Å². The van der Waals surface area contributed by atoms with Gasteiger partial charge in [0.1, 0.15) is 34.9 Å². The normalized spacial score (nSPS) is 32.9. The molecule has 5 atom stereocenters. The highest BCUT2D eigenvalue weighted by molar-refractivity contribution is 8.14. The van der Waals surface area contributed by atoms with Gasteiger partial charge in [-0.2, -0.15) is 0 Å². The smallest absolute Gasteiger partial charge is 0.138 e. The van der Waals surface area contributed by atoms with Crippen LogP contribution in [0.25, 0.3) is 0 Å². The van der Waals surface area contributed by atoms with Crippen molar-refractivity contribution in [2.24, 2.45) is 5.16 Å². The van der Waals surface area contributed by atoms with E-state index in [-0.39, 0.29) is 5.04 Å². The fraction of sp³-hybridized carbons (Fsp3) is 0.500. The number of benzene rings is 1. The lowest BCUT2D eigenvalue weighted by molar-refractivity contribution is -0.205. The van der Waals surface area contributed by atoms with Crippen LogP contribution in [0.3, 0.4) is 0 Å². The molecular formula is C14H19NO6S. The Balaban J connectivity index is 2.04. The number of hydrogen-bond donors (Lipinski definition) is 5. The van der Waals surface area contributed by atoms with Gasteiger partial charge < -0.3 is 30.4 Å². The van der Waals surface area contributed by atoms with Crippen molar-refractivity contribution in [3.8, 4) is 0 Å². The molecule has 7 nitrogen and oxygen atoms in total. The van der Waals surface area contributed by atoms with Crippen molar-refractivity contribution in [1.29, 1.82) is 0 Å². The van der Waals surface area contributed by atoms with Gasteiger partial charge in [-0.15, -0.1) is 0 Å². The van der Waals surface area contributed by atoms with E-state index in [1.54, 1.807) is 0 Å². The highest BCUT2D eigenvalue weighted by atomic mass is 32.2. The summed E-state index contributed by atoms with van der Waals surface area (Å²) in [5.41, 5.74) is -0.0439. The van der Waals surface area contributed by atoms with Gasteiger partial charge in [-0.3, -0.25) is 0 Å². The van der Waals surface area contributed by atoms with Crippen molar-refractivity contribution in [1.82, 2.24) is 0 Å². The van der Waals surface area contributed by atoms with Crippen molar-refractivity contribution in [3.63, 3.8) is 0 Å². The summed E-state index contributed by atoms with van der Waals surface area (Å²) in [5, 5.41) is 51.1. The number of ether oxygens (including phenoxy) is 1. The summed E-state index contributed by atoms with van der Waals surface area (Å²) in [6.07, 6.45) is -4.86. The lowest BCUT2D eigenvalue weighted by Crippen LogP contribution is -2.57. The molecular weight excluding hydrogens is 310 g/mol. The Morgan fingerprint density at radius 1 is 1.09 bits per heavy atom. The highest BCUT2D eigenvalue weighted by Gasteiger charge is 2.44. The maximum atomic E-state index is 9.96. The Kier molecular flexibility index (Phi) is 6.18. The molecule has 122 valence electrons. The Hall–Kier alpha value is -1.16. The van der Waals surface area contributed by atoms with Crippen LogP contribution in [0, 0.1) is 0 Å². The largest absolute Gasteiger partial charge is 0.410 e. The second kappa shape index (κ2) is 7.91. The maximum Gasteiger partial charge on any atom is 0.138 e. The van der Waals surface area contributed by atoms with E-state index in [1.165, 1.54) is 0 Å². The number of rotatable bonds is 4. The molecule has 1 aliphatic heterocycles. The van der Waals surface area contributed by atoms with Crippen molar-refractivity contribution in [2.45, 2.75) is 36.3 Å². The van der Waals surface area contributed by atoms with E-state index in [4.69, 9.17) is 15.1 Å². The van der Waals surface area contributed by atoms with Gasteiger partial charge in [-0.25, -0.2) is 0 Å². The van der Waals surface area contributed by atoms with Crippen LogP contribution < -0.4 is 0 Å². The minimum absolute atomic E-state index is 0.288. The summed E-state index contributed by atoms with van der Waals surface area (Å²) < 4.78 is 5.36. The van der Waals surface area contributed by atoms with Crippen molar-refractivity contribution < 1.29 is 30.4 Å². The van der Waals surface area contributed by atoms with E-state index in [2.05, 4.69) is 5.16 Å². The minimum Gasteiger partial charge on any atom is -0.410 e. The molecule has 1 aliphatic rings. The van der Waals surface area contributed by atoms with E-state index in [0.29, 0.717) is 6.42 Å². The molecule has 0 aliphatic carbocycles. The average Bonchev–Trinajstić information content (AvgIpc) is 2.55. The fourth-order valence-corrected chi connectivity index (χ4v) is 3.23. The van der Waals surface area contributed by atoms with Gasteiger partial charge in [0.2, 0.25) is 0 Å². The van der Waals surface area contributed by atoms with E-state index in [0.717, 1.165) is 17.3 Å². The van der Waals surface area contributed by atoms with Crippen LogP contribution in [0.5, 0.6) is 0 Å². The Morgan fingerprint density at radius 2 is 1.77 bits per heavy atom. The van der Waals surface area contributed by atoms with Crippen LogP contribution in [0.15, 0.2) is 35.5 Å². The number of aliphatic hydroxyl groups is 4. The van der Waals surface area contributed by atoms with Gasteiger partial charge in [-0.1, -0.05) is 47.2 Å². The standard InChI is InChI=1S/C14H19NO6S/c16-7-9-11(17)12(18)13(19)14(21-9)22-10(15-20)6-8-4-2-1-3-5-8/h1-5,9,11-14,16-20H,6-7H2/b15-10-/t9-,11+,12+,13-,14-/m1/s1. The SMILES string of the molecule is OC[C@H]1O[C@H](S/C(Cc2ccccc2)=N\O)[C@H](O)[C@@H](O)[C@H]1O. The van der Waals surface area contributed by atoms with Crippen LogP contribution in [0.4, 0.5) is 0 Å². The monoisotopic (exact) mass is 329 g/mol. The lowest BCUT2D eigenvalue weighted by atomic mass is 10.0. The Bertz CT molecular complexity index is 497. The number of oxime groups is 1. The zero-order valence-electron chi connectivity index (χ0n) is 11.7. The second-order valence-corrected chi connectivity index (χ2v) is 6.14. The third kappa shape index (κ3) is 3.97. The quantitative estimate of drug-likeness (QED) is 0.219. The molecule has 1 saturated heterocycles. The van der Waals surface area contributed by atoms with E-state index in [9.17, 15) is 15.3 Å². The zero-order chi connectivity index (χ0) is 16.1. The van der Waals surface area contributed by atoms with Crippen molar-refractivity contribution >= 4 is 16.8 Å². The summed E-state index contributed by atoms with van der Waals surface area (Å²) in [6.45, 7) is -0.494. The average molecular weight is 329 g/mol. The molecule has 1 fully saturated rings. The molecule has 22 heavy (non-hydrogen) atoms. The van der Waals surface area contributed by atoms with Gasteiger partial charge in [0.15, 0.2) is 0 Å². The molecule has 0 radical (unpaired) electrons. The third-order valence-electron chi connectivity index (χ3n) is 3.41. The van der Waals surface area contributed by atoms with Gasteiger partial charge in [0.05, 0.1) is 6.61 Å². The number of thioether (sulfide) groups is 1. The molecule has 0 bridgehead atoms. The number of aliphatic hydroxyl groups excluding tert-OH is 4. The molecule has 0 saturated carbocycles. The molecule has 0 amide bonds. The van der Waals surface area contributed by atoms with Crippen LogP contribution in [-0.2, 0) is 11.2 Å². The van der Waals surface area contributed by atoms with Crippen LogP contribution in [0.1, 0.15) is 5.56 Å². The molecule has 8 heteroatoms. The van der Waals surface area contributed by atoms with Crippen LogP contribution in [-0.4, -0.2) is 67.1 Å². The molecule has 1 aromatic rings. The first-order valence-corrected chi connectivity index (χ1v) is 7.66. The lowest BCUT2D eigenvalue weighted by Gasteiger charge is -2.39. The van der Waals surface area contributed by atoms with E-state index >= 15 is 0 Å². The summed E-state index contributed by atoms with van der Waals surface area (Å²) in [5.74, 6) is 0. The first-order chi connectivity index (χ1) is 10.6. The van der Waals surface area contributed by atoms with E-state index < -0.39 is 36.5 Å². The molecule has 0 unspecified atom stereocenters. The van der Waals surface area contributed by atoms with Gasteiger partial charge in [0.25, 0.3) is 0 Å². The number of nitrogens with zero attached hydrogens (tertiary/aromatic N) is 1. The summed E-state index contributed by atoms with van der Waals surface area (Å²) in [7, 11) is 0. The predicted molar refractivity (Wildman–Crippen MR) is 80.7 cm³/mol. The molecule has 5 N–H and O–H groups in total. The maximum absolute atomic E-state index is 9.96. The summed E-state index contributed by atoms with van der Waals surface area (Å²) >= 11 is 0.939. The highest BCUT2D eigenvalue weighted by Crippen LogP contribution is 2.30. The number of hydrogen-bond acceptors (Lipinski definition) is 8. The third-order valence-corrected chi connectivity index (χ3v) is 4.53. The van der Waals surface area contributed by atoms with Crippen molar-refractivity contribution in [3.05, 3.63) is 35.9 Å². The summed E-state index contributed by atoms with van der Waals surface area (Å²) in [4.78, 5) is 0. The molecule has 2 rings (SSSR count). The molecule has 1 aromatic carbocycles. The first kappa shape index (κ1) is 17.2. The van der Waals surface area contributed by atoms with Crippen LogP contribution in [0.2, 0.25) is 0 Å². The first-order valence-electron chi connectivity index (χ1n) is 6.79. The molecule has 1 heterocycles. The Labute approximate surface area is 131 Å². The van der Waals surface area contributed by atoms with Gasteiger partial charge >= 0.3 is 0 Å². The van der Waals surface area contributed by atoms with Crippen molar-refractivity contribution in [2.75, 3.05) is 6.61 Å². The zero-order valence-corrected chi connectivity index (χ0v) is 12.5. The molecule has 0 aromatic heterocycles. The fourth-order valence-electron chi connectivity index (χ4n) is 2.17. The van der Waals surface area contributed by atoms with Gasteiger partial charge in [-0.05, 0) is 5.56 Å². The van der Waals surface area contributed by atoms with E-state index in [1.807, 2.05) is 30.3 Å². The minimum atomic E-state index is -1.44. The Morgan fingerprint density at radius 3 is 2.36 bits per heavy atom. The van der Waals surface area contributed by atoms with Gasteiger partial charge in [0, 0.05) is 6.42 Å². The second-order valence-electron chi connectivity index (χ2n) is 4.97. The van der Waals surface area contributed by atoms with Crippen LogP contribution >= 0.6 is 11.8 Å².